The quantitative estimate of drug-likeness (QED) is 0.312. The van der Waals surface area contributed by atoms with Gasteiger partial charge in [-0.2, -0.15) is 0 Å². The SMILES string of the molecule is CC(C)(C)OC(=O)[C@@H]1C[C@H](CC(=O)CO[Si](c2ccccc2)(c2ccccc2)C(C)(C)C)C(=O)N1C(=O)OC(C)(C)C. The fourth-order valence-corrected chi connectivity index (χ4v) is 9.91. The number of esters is 1. The third-order valence-electron chi connectivity index (χ3n) is 7.02. The van der Waals surface area contributed by atoms with Crippen molar-refractivity contribution in [2.45, 2.75) is 97.4 Å². The average molecular weight is 596 g/mol. The molecule has 1 saturated heterocycles. The molecule has 1 heterocycles. The second-order valence-electron chi connectivity index (χ2n) is 13.9. The first-order valence-corrected chi connectivity index (χ1v) is 16.3. The van der Waals surface area contributed by atoms with E-state index in [1.54, 1.807) is 41.5 Å². The summed E-state index contributed by atoms with van der Waals surface area (Å²) in [7, 11) is -2.97. The molecule has 9 heteroatoms. The molecule has 2 amide bonds. The van der Waals surface area contributed by atoms with Crippen LogP contribution in [0.5, 0.6) is 0 Å². The summed E-state index contributed by atoms with van der Waals surface area (Å²) < 4.78 is 17.7. The molecule has 0 aromatic heterocycles. The molecule has 0 bridgehead atoms. The third-order valence-corrected chi connectivity index (χ3v) is 12.0. The summed E-state index contributed by atoms with van der Waals surface area (Å²) in [5.74, 6) is -2.50. The highest BCUT2D eigenvalue weighted by atomic mass is 28.4. The maximum absolute atomic E-state index is 13.5. The molecule has 2 atom stereocenters. The molecule has 0 unspecified atom stereocenters. The van der Waals surface area contributed by atoms with E-state index in [9.17, 15) is 19.2 Å². The Kier molecular flexibility index (Phi) is 9.89. The second kappa shape index (κ2) is 12.5. The van der Waals surface area contributed by atoms with Crippen molar-refractivity contribution in [3.05, 3.63) is 60.7 Å². The van der Waals surface area contributed by atoms with Gasteiger partial charge in [0.25, 0.3) is 8.32 Å². The highest BCUT2D eigenvalue weighted by Gasteiger charge is 2.52. The first-order valence-electron chi connectivity index (χ1n) is 14.4. The van der Waals surface area contributed by atoms with Crippen molar-refractivity contribution in [2.75, 3.05) is 6.61 Å². The van der Waals surface area contributed by atoms with E-state index in [-0.39, 0.29) is 30.3 Å². The highest BCUT2D eigenvalue weighted by molar-refractivity contribution is 6.99. The number of Topliss-reactive ketones (excluding diaryl/α,β-unsaturated/α-hetero) is 1. The Morgan fingerprint density at radius 3 is 1.69 bits per heavy atom. The van der Waals surface area contributed by atoms with Crippen molar-refractivity contribution < 1.29 is 33.1 Å². The summed E-state index contributed by atoms with van der Waals surface area (Å²) >= 11 is 0. The predicted octanol–water partition coefficient (Wildman–Crippen LogP) is 5.02. The zero-order valence-corrected chi connectivity index (χ0v) is 27.4. The Hall–Kier alpha value is -3.30. The lowest BCUT2D eigenvalue weighted by Gasteiger charge is -2.42. The summed E-state index contributed by atoms with van der Waals surface area (Å²) in [6, 6.07) is 18.8. The number of ketones is 1. The molecule has 0 radical (unpaired) electrons. The molecule has 1 aliphatic rings. The maximum atomic E-state index is 13.5. The third kappa shape index (κ3) is 7.75. The van der Waals surface area contributed by atoms with Crippen molar-refractivity contribution in [1.82, 2.24) is 4.90 Å². The normalized spacial score (nSPS) is 18.1. The molecule has 1 fully saturated rings. The predicted molar refractivity (Wildman–Crippen MR) is 164 cm³/mol. The van der Waals surface area contributed by atoms with Crippen molar-refractivity contribution in [3.63, 3.8) is 0 Å². The van der Waals surface area contributed by atoms with Crippen molar-refractivity contribution >= 4 is 42.4 Å². The average Bonchev–Trinajstić information content (AvgIpc) is 3.19. The van der Waals surface area contributed by atoms with Crippen LogP contribution in [0, 0.1) is 5.92 Å². The van der Waals surface area contributed by atoms with E-state index in [1.165, 1.54) is 0 Å². The minimum absolute atomic E-state index is 0.0298. The molecule has 0 N–H and O–H groups in total. The van der Waals surface area contributed by atoms with Crippen LogP contribution in [0.15, 0.2) is 60.7 Å². The molecule has 1 aliphatic heterocycles. The van der Waals surface area contributed by atoms with Crippen LogP contribution in [0.25, 0.3) is 0 Å². The first kappa shape index (κ1) is 33.2. The van der Waals surface area contributed by atoms with E-state index in [1.807, 2.05) is 60.7 Å². The molecule has 8 nitrogen and oxygen atoms in total. The zero-order valence-electron chi connectivity index (χ0n) is 26.4. The van der Waals surface area contributed by atoms with Gasteiger partial charge in [-0.25, -0.2) is 14.5 Å². The Bertz CT molecular complexity index is 1230. The Balaban J connectivity index is 1.87. The van der Waals surface area contributed by atoms with Gasteiger partial charge in [0.1, 0.15) is 17.2 Å². The van der Waals surface area contributed by atoms with E-state index >= 15 is 0 Å². The van der Waals surface area contributed by atoms with Gasteiger partial charge in [-0.15, -0.1) is 0 Å². The van der Waals surface area contributed by atoms with Gasteiger partial charge >= 0.3 is 12.1 Å². The summed E-state index contributed by atoms with van der Waals surface area (Å²) in [6.45, 7) is 16.3. The van der Waals surface area contributed by atoms with Gasteiger partial charge in [0, 0.05) is 12.3 Å². The van der Waals surface area contributed by atoms with Crippen molar-refractivity contribution in [2.24, 2.45) is 5.92 Å². The van der Waals surface area contributed by atoms with Gasteiger partial charge in [0.15, 0.2) is 5.78 Å². The van der Waals surface area contributed by atoms with Crippen molar-refractivity contribution in [1.29, 1.82) is 0 Å². The van der Waals surface area contributed by atoms with Crippen LogP contribution >= 0.6 is 0 Å². The molecule has 3 rings (SSSR count). The van der Waals surface area contributed by atoms with Crippen LogP contribution in [-0.4, -0.2) is 60.8 Å². The Labute approximate surface area is 250 Å². The van der Waals surface area contributed by atoms with Crippen LogP contribution in [0.4, 0.5) is 4.79 Å². The fourth-order valence-electron chi connectivity index (χ4n) is 5.38. The maximum Gasteiger partial charge on any atom is 0.417 e. The van der Waals surface area contributed by atoms with E-state index in [2.05, 4.69) is 20.8 Å². The number of benzene rings is 2. The van der Waals surface area contributed by atoms with Crippen molar-refractivity contribution in [3.8, 4) is 0 Å². The Morgan fingerprint density at radius 1 is 0.786 bits per heavy atom. The number of amides is 2. The number of hydrogen-bond donors (Lipinski definition) is 0. The van der Waals surface area contributed by atoms with Crippen LogP contribution < -0.4 is 10.4 Å². The lowest BCUT2D eigenvalue weighted by molar-refractivity contribution is -0.161. The van der Waals surface area contributed by atoms with Gasteiger partial charge < -0.3 is 13.9 Å². The number of likely N-dealkylation sites (tertiary alicyclic amines) is 1. The minimum atomic E-state index is -2.97. The molecule has 0 spiro atoms. The lowest BCUT2D eigenvalue weighted by atomic mass is 9.99. The molecule has 42 heavy (non-hydrogen) atoms. The standard InChI is InChI=1S/C33H45NO7Si/c1-31(2,3)40-29(37)27-21-23(28(36)34(27)30(38)41-32(4,5)6)20-24(35)22-39-42(33(7,8)9,25-16-12-10-13-17-25)26-18-14-11-15-19-26/h10-19,23,27H,20-22H2,1-9H3/t23-,27-/m0/s1. The molecule has 228 valence electrons. The number of carbonyl (C=O) groups excluding carboxylic acids is 4. The number of rotatable bonds is 8. The number of ether oxygens (including phenoxy) is 2. The van der Waals surface area contributed by atoms with Crippen LogP contribution in [0.2, 0.25) is 5.04 Å². The lowest BCUT2D eigenvalue weighted by Crippen LogP contribution is -2.67. The van der Waals surface area contributed by atoms with Crippen LogP contribution in [0.1, 0.15) is 75.2 Å². The Morgan fingerprint density at radius 2 is 1.26 bits per heavy atom. The van der Waals surface area contributed by atoms with Gasteiger partial charge in [-0.05, 0) is 63.4 Å². The number of nitrogens with zero attached hydrogens (tertiary/aromatic N) is 1. The fraction of sp³-hybridized carbons (Fsp3) is 0.515. The zero-order chi connectivity index (χ0) is 31.5. The van der Waals surface area contributed by atoms with Gasteiger partial charge in [-0.1, -0.05) is 81.4 Å². The van der Waals surface area contributed by atoms with Gasteiger partial charge in [0.2, 0.25) is 5.91 Å². The summed E-state index contributed by atoms with van der Waals surface area (Å²) in [4.78, 5) is 53.9. The number of imide groups is 1. The van der Waals surface area contributed by atoms with Gasteiger partial charge in [-0.3, -0.25) is 9.59 Å². The first-order chi connectivity index (χ1) is 19.4. The van der Waals surface area contributed by atoms with E-state index < -0.39 is 49.4 Å². The molecular formula is C33H45NO7Si. The van der Waals surface area contributed by atoms with E-state index in [4.69, 9.17) is 13.9 Å². The summed E-state index contributed by atoms with van der Waals surface area (Å²) in [6.07, 6.45) is -1.13. The summed E-state index contributed by atoms with van der Waals surface area (Å²) in [5.41, 5.74) is -1.70. The van der Waals surface area contributed by atoms with Crippen LogP contribution in [-0.2, 0) is 28.3 Å². The van der Waals surface area contributed by atoms with Crippen LogP contribution in [0.3, 0.4) is 0 Å². The number of hydrogen-bond acceptors (Lipinski definition) is 7. The molecule has 2 aromatic rings. The smallest absolute Gasteiger partial charge is 0.417 e. The monoisotopic (exact) mass is 595 g/mol. The van der Waals surface area contributed by atoms with E-state index in [0.29, 0.717) is 0 Å². The largest absolute Gasteiger partial charge is 0.458 e. The molecule has 0 aliphatic carbocycles. The molecular weight excluding hydrogens is 550 g/mol. The topological polar surface area (TPSA) is 99.2 Å². The van der Waals surface area contributed by atoms with E-state index in [0.717, 1.165) is 15.3 Å². The van der Waals surface area contributed by atoms with Gasteiger partial charge in [0.05, 0.1) is 6.61 Å². The molecule has 0 saturated carbocycles. The summed E-state index contributed by atoms with van der Waals surface area (Å²) in [5, 5.41) is 1.75. The minimum Gasteiger partial charge on any atom is -0.458 e. The number of carbonyl (C=O) groups is 4. The highest BCUT2D eigenvalue weighted by Crippen LogP contribution is 2.37. The molecule has 2 aromatic carbocycles. The second-order valence-corrected chi connectivity index (χ2v) is 18.2.